The van der Waals surface area contributed by atoms with E-state index in [-0.39, 0.29) is 22.7 Å². The smallest absolute Gasteiger partial charge is 0.236 e. The van der Waals surface area contributed by atoms with E-state index < -0.39 is 29.1 Å². The molecule has 1 heterocycles. The first-order valence-electron chi connectivity index (χ1n) is 11.3. The number of rotatable bonds is 3. The van der Waals surface area contributed by atoms with Gasteiger partial charge in [0.1, 0.15) is 16.9 Å². The Morgan fingerprint density at radius 3 is 2.20 bits per heavy atom. The zero-order valence-electron chi connectivity index (χ0n) is 18.5. The SMILES string of the molecule is O=C1C2=CC=CC3=CCC=C(C(=O)C1=C1OC(c4ccccc4)=C(C(=O)c4ccccc4)C1=O)[C@@H]32. The van der Waals surface area contributed by atoms with E-state index in [1.165, 1.54) is 0 Å². The molecular formula is C30H18O5. The Morgan fingerprint density at radius 1 is 0.771 bits per heavy atom. The van der Waals surface area contributed by atoms with Crippen molar-refractivity contribution in [3.8, 4) is 0 Å². The summed E-state index contributed by atoms with van der Waals surface area (Å²) in [5.74, 6) is -3.12. The predicted octanol–water partition coefficient (Wildman–Crippen LogP) is 4.65. The molecule has 0 spiro atoms. The first kappa shape index (κ1) is 20.9. The molecule has 1 fully saturated rings. The van der Waals surface area contributed by atoms with Crippen molar-refractivity contribution < 1.29 is 23.9 Å². The van der Waals surface area contributed by atoms with Gasteiger partial charge in [-0.25, -0.2) is 0 Å². The number of ketones is 4. The second-order valence-electron chi connectivity index (χ2n) is 8.57. The van der Waals surface area contributed by atoms with Crippen LogP contribution < -0.4 is 0 Å². The third-order valence-corrected chi connectivity index (χ3v) is 6.58. The number of Topliss-reactive ketones (excluding diaryl/α,β-unsaturated/α-hetero) is 4. The van der Waals surface area contributed by atoms with Gasteiger partial charge in [-0.1, -0.05) is 91.0 Å². The van der Waals surface area contributed by atoms with Gasteiger partial charge >= 0.3 is 0 Å². The van der Waals surface area contributed by atoms with Crippen molar-refractivity contribution in [1.82, 2.24) is 0 Å². The van der Waals surface area contributed by atoms with E-state index in [9.17, 15) is 19.2 Å². The number of carbonyl (C=O) groups is 4. The maximum Gasteiger partial charge on any atom is 0.236 e. The molecule has 1 atom stereocenters. The third kappa shape index (κ3) is 3.16. The van der Waals surface area contributed by atoms with Crippen LogP contribution in [-0.4, -0.2) is 23.1 Å². The Hall–Kier alpha value is -4.64. The zero-order valence-corrected chi connectivity index (χ0v) is 18.5. The van der Waals surface area contributed by atoms with E-state index in [2.05, 4.69) is 0 Å². The van der Waals surface area contributed by atoms with Crippen LogP contribution in [0.5, 0.6) is 0 Å². The van der Waals surface area contributed by atoms with Crippen molar-refractivity contribution in [1.29, 1.82) is 0 Å². The van der Waals surface area contributed by atoms with Gasteiger partial charge in [0.2, 0.25) is 11.6 Å². The summed E-state index contributed by atoms with van der Waals surface area (Å²) in [7, 11) is 0. The van der Waals surface area contributed by atoms with E-state index in [1.807, 2.05) is 12.2 Å². The Kier molecular flexibility index (Phi) is 4.78. The van der Waals surface area contributed by atoms with Gasteiger partial charge in [0.05, 0.1) is 0 Å². The second-order valence-corrected chi connectivity index (χ2v) is 8.57. The molecule has 0 amide bonds. The fourth-order valence-electron chi connectivity index (χ4n) is 4.95. The standard InChI is InChI=1S/C30H18O5/c31-25(18-9-3-1-4-10-18)23-28(34)30(35-29(23)19-11-5-2-6-12-19)24-26(32)20-15-7-13-17-14-8-16-21(22(17)20)27(24)33/h1-7,9-16,22H,8H2/t22-/m0/s1. The number of hydrogen-bond acceptors (Lipinski definition) is 5. The molecule has 6 rings (SSSR count). The second kappa shape index (κ2) is 7.99. The van der Waals surface area contributed by atoms with Crippen LogP contribution in [0.2, 0.25) is 0 Å². The van der Waals surface area contributed by atoms with Gasteiger partial charge in [-0.05, 0) is 12.0 Å². The highest BCUT2D eigenvalue weighted by Gasteiger charge is 2.48. The Morgan fingerprint density at radius 2 is 1.46 bits per heavy atom. The summed E-state index contributed by atoms with van der Waals surface area (Å²) in [5.41, 5.74) is 2.09. The molecule has 5 nitrogen and oxygen atoms in total. The summed E-state index contributed by atoms with van der Waals surface area (Å²) < 4.78 is 5.97. The number of benzene rings is 2. The van der Waals surface area contributed by atoms with Crippen LogP contribution in [0.1, 0.15) is 22.3 Å². The average Bonchev–Trinajstić information content (AvgIpc) is 3.24. The zero-order chi connectivity index (χ0) is 24.1. The molecule has 0 N–H and O–H groups in total. The summed E-state index contributed by atoms with van der Waals surface area (Å²) in [4.78, 5) is 54.3. The van der Waals surface area contributed by atoms with Crippen molar-refractivity contribution in [3.63, 3.8) is 0 Å². The van der Waals surface area contributed by atoms with Crippen molar-refractivity contribution >= 4 is 28.9 Å². The highest BCUT2D eigenvalue weighted by Crippen LogP contribution is 2.45. The van der Waals surface area contributed by atoms with Crippen LogP contribution in [0.3, 0.4) is 0 Å². The number of allylic oxidation sites excluding steroid dienone is 10. The lowest BCUT2D eigenvalue weighted by Crippen LogP contribution is -2.35. The Bertz CT molecular complexity index is 1530. The van der Waals surface area contributed by atoms with Crippen LogP contribution in [0, 0.1) is 5.92 Å². The summed E-state index contributed by atoms with van der Waals surface area (Å²) in [6, 6.07) is 17.1. The first-order chi connectivity index (χ1) is 17.1. The van der Waals surface area contributed by atoms with E-state index in [4.69, 9.17) is 4.74 Å². The molecule has 1 saturated carbocycles. The minimum absolute atomic E-state index is 0.0467. The van der Waals surface area contributed by atoms with Gasteiger partial charge in [0, 0.05) is 28.2 Å². The Labute approximate surface area is 201 Å². The van der Waals surface area contributed by atoms with Gasteiger partial charge in [0.25, 0.3) is 0 Å². The topological polar surface area (TPSA) is 77.5 Å². The largest absolute Gasteiger partial charge is 0.451 e. The summed E-state index contributed by atoms with van der Waals surface area (Å²) in [5, 5.41) is 0. The lowest BCUT2D eigenvalue weighted by Gasteiger charge is -2.33. The summed E-state index contributed by atoms with van der Waals surface area (Å²) in [6.45, 7) is 0. The minimum Gasteiger partial charge on any atom is -0.451 e. The Balaban J connectivity index is 1.52. The van der Waals surface area contributed by atoms with E-state index in [1.54, 1.807) is 78.9 Å². The first-order valence-corrected chi connectivity index (χ1v) is 11.3. The summed E-state index contributed by atoms with van der Waals surface area (Å²) in [6.07, 6.45) is 9.67. The van der Waals surface area contributed by atoms with Crippen molar-refractivity contribution in [2.45, 2.75) is 6.42 Å². The molecule has 2 aromatic carbocycles. The molecule has 0 saturated heterocycles. The van der Waals surface area contributed by atoms with Gasteiger partial charge in [-0.15, -0.1) is 0 Å². The fraction of sp³-hybridized carbons (Fsp3) is 0.0667. The van der Waals surface area contributed by atoms with Crippen LogP contribution in [0.15, 0.2) is 125 Å². The number of carbonyl (C=O) groups excluding carboxylic acids is 4. The van der Waals surface area contributed by atoms with Gasteiger partial charge < -0.3 is 4.74 Å². The monoisotopic (exact) mass is 458 g/mol. The van der Waals surface area contributed by atoms with Crippen LogP contribution in [0.4, 0.5) is 0 Å². The molecule has 0 radical (unpaired) electrons. The molecule has 0 unspecified atom stereocenters. The molecule has 2 aromatic rings. The van der Waals surface area contributed by atoms with Crippen molar-refractivity contribution in [3.05, 3.63) is 136 Å². The van der Waals surface area contributed by atoms with Gasteiger partial charge in [0.15, 0.2) is 17.3 Å². The normalized spacial score (nSPS) is 22.9. The van der Waals surface area contributed by atoms with Gasteiger partial charge in [-0.2, -0.15) is 0 Å². The van der Waals surface area contributed by atoms with E-state index in [0.717, 1.165) is 5.57 Å². The number of ether oxygens (including phenoxy) is 1. The molecule has 4 aliphatic rings. The third-order valence-electron chi connectivity index (χ3n) is 6.58. The highest BCUT2D eigenvalue weighted by atomic mass is 16.5. The minimum atomic E-state index is -0.757. The predicted molar refractivity (Wildman–Crippen MR) is 129 cm³/mol. The quantitative estimate of drug-likeness (QED) is 0.380. The highest BCUT2D eigenvalue weighted by molar-refractivity contribution is 6.42. The summed E-state index contributed by atoms with van der Waals surface area (Å²) >= 11 is 0. The lowest BCUT2D eigenvalue weighted by atomic mass is 9.68. The molecule has 168 valence electrons. The van der Waals surface area contributed by atoms with Crippen molar-refractivity contribution in [2.75, 3.05) is 0 Å². The molecule has 0 aromatic heterocycles. The maximum atomic E-state index is 13.7. The molecular weight excluding hydrogens is 440 g/mol. The van der Waals surface area contributed by atoms with Crippen LogP contribution >= 0.6 is 0 Å². The molecule has 5 heteroatoms. The van der Waals surface area contributed by atoms with Crippen LogP contribution in [0.25, 0.3) is 5.76 Å². The lowest BCUT2D eigenvalue weighted by molar-refractivity contribution is -0.121. The van der Waals surface area contributed by atoms with Crippen LogP contribution in [-0.2, 0) is 19.1 Å². The van der Waals surface area contributed by atoms with Crippen molar-refractivity contribution in [2.24, 2.45) is 5.92 Å². The van der Waals surface area contributed by atoms with E-state index >= 15 is 0 Å². The fourth-order valence-corrected chi connectivity index (χ4v) is 4.95. The average molecular weight is 458 g/mol. The van der Waals surface area contributed by atoms with E-state index in [0.29, 0.717) is 28.7 Å². The maximum absolute atomic E-state index is 13.7. The molecule has 1 aliphatic heterocycles. The van der Waals surface area contributed by atoms with Gasteiger partial charge in [-0.3, -0.25) is 19.2 Å². The molecule has 0 bridgehead atoms. The molecule has 35 heavy (non-hydrogen) atoms. The number of hydrogen-bond donors (Lipinski definition) is 0. The molecule has 3 aliphatic carbocycles.